The van der Waals surface area contributed by atoms with Crippen LogP contribution in [0.2, 0.25) is 10.0 Å². The average Bonchev–Trinajstić information content (AvgIpc) is 2.81. The van der Waals surface area contributed by atoms with Crippen molar-refractivity contribution < 1.29 is 9.53 Å². The highest BCUT2D eigenvalue weighted by Crippen LogP contribution is 2.59. The van der Waals surface area contributed by atoms with Gasteiger partial charge in [0, 0.05) is 5.56 Å². The van der Waals surface area contributed by atoms with E-state index < -0.39 is 5.54 Å². The Balaban J connectivity index is 1.47. The lowest BCUT2D eigenvalue weighted by atomic mass is 9.48. The van der Waals surface area contributed by atoms with Crippen molar-refractivity contribution in [2.24, 2.45) is 11.1 Å². The lowest BCUT2D eigenvalue weighted by Gasteiger charge is -2.58. The molecule has 2 fully saturated rings. The molecule has 1 aliphatic heterocycles. The maximum atomic E-state index is 12.5. The van der Waals surface area contributed by atoms with Gasteiger partial charge in [-0.1, -0.05) is 35.7 Å². The van der Waals surface area contributed by atoms with Gasteiger partial charge in [-0.15, -0.1) is 0 Å². The summed E-state index contributed by atoms with van der Waals surface area (Å²) >= 11 is 12.1. The van der Waals surface area contributed by atoms with Crippen molar-refractivity contribution in [3.05, 3.63) is 27.7 Å². The van der Waals surface area contributed by atoms with E-state index in [1.54, 1.807) is 6.07 Å². The zero-order chi connectivity index (χ0) is 15.5. The molecule has 2 saturated carbocycles. The molecular weight excluding hydrogens is 323 g/mol. The summed E-state index contributed by atoms with van der Waals surface area (Å²) in [5.41, 5.74) is 6.78. The van der Waals surface area contributed by atoms with Crippen LogP contribution in [-0.4, -0.2) is 18.1 Å². The number of nitrogens with one attached hydrogen (secondary N) is 1. The molecule has 0 bridgehead atoms. The highest BCUT2D eigenvalue weighted by atomic mass is 35.5. The number of carbonyl (C=O) groups is 1. The van der Waals surface area contributed by atoms with Gasteiger partial charge in [0.05, 0.1) is 16.6 Å². The van der Waals surface area contributed by atoms with Crippen molar-refractivity contribution in [2.75, 3.05) is 6.61 Å². The van der Waals surface area contributed by atoms with E-state index in [4.69, 9.17) is 33.7 Å². The Morgan fingerprint density at radius 3 is 2.68 bits per heavy atom. The fraction of sp³-hybridized carbons (Fsp3) is 0.562. The number of ether oxygens (including phenoxy) is 1. The highest BCUT2D eigenvalue weighted by Gasteiger charge is 2.59. The van der Waals surface area contributed by atoms with E-state index >= 15 is 0 Å². The number of fused-ring (bicyclic) bond motifs is 1. The number of halogens is 2. The standard InChI is InChI=1S/C16H18Cl2N2O2/c17-10-3-2-9-11(6-22-13(9)12(10)18)20-14(21)16(19)7-15(8-16)4-1-5-15/h2-3,11H,1,4-8,19H2,(H,20,21). The molecule has 22 heavy (non-hydrogen) atoms. The summed E-state index contributed by atoms with van der Waals surface area (Å²) < 4.78 is 5.59. The van der Waals surface area contributed by atoms with Gasteiger partial charge in [0.25, 0.3) is 0 Å². The van der Waals surface area contributed by atoms with Crippen molar-refractivity contribution in [1.29, 1.82) is 0 Å². The first-order chi connectivity index (χ1) is 10.4. The van der Waals surface area contributed by atoms with E-state index in [9.17, 15) is 4.79 Å². The molecule has 0 radical (unpaired) electrons. The van der Waals surface area contributed by atoms with Crippen molar-refractivity contribution in [1.82, 2.24) is 5.32 Å². The van der Waals surface area contributed by atoms with Gasteiger partial charge in [0.15, 0.2) is 0 Å². The second-order valence-corrected chi connectivity index (χ2v) is 7.77. The normalized spacial score (nSPS) is 26.6. The molecule has 6 heteroatoms. The zero-order valence-corrected chi connectivity index (χ0v) is 13.6. The molecule has 3 N–H and O–H groups in total. The second kappa shape index (κ2) is 4.76. The summed E-state index contributed by atoms with van der Waals surface area (Å²) in [4.78, 5) is 12.5. The fourth-order valence-electron chi connectivity index (χ4n) is 4.12. The van der Waals surface area contributed by atoms with Crippen LogP contribution in [-0.2, 0) is 4.79 Å². The molecule has 1 aromatic rings. The monoisotopic (exact) mass is 340 g/mol. The Kier molecular flexibility index (Phi) is 3.16. The van der Waals surface area contributed by atoms with Gasteiger partial charge < -0.3 is 15.8 Å². The summed E-state index contributed by atoms with van der Waals surface area (Å²) in [7, 11) is 0. The summed E-state index contributed by atoms with van der Waals surface area (Å²) in [6.07, 6.45) is 5.29. The molecule has 4 rings (SSSR count). The largest absolute Gasteiger partial charge is 0.489 e. The number of benzene rings is 1. The first-order valence-corrected chi connectivity index (χ1v) is 8.39. The topological polar surface area (TPSA) is 64.4 Å². The van der Waals surface area contributed by atoms with Gasteiger partial charge in [0.2, 0.25) is 5.91 Å². The smallest absolute Gasteiger partial charge is 0.240 e. The molecule has 2 aliphatic carbocycles. The van der Waals surface area contributed by atoms with Crippen LogP contribution in [0.5, 0.6) is 5.75 Å². The average molecular weight is 341 g/mol. The minimum atomic E-state index is -0.723. The van der Waals surface area contributed by atoms with Gasteiger partial charge in [-0.25, -0.2) is 0 Å². The molecule has 118 valence electrons. The lowest BCUT2D eigenvalue weighted by Crippen LogP contribution is -2.67. The van der Waals surface area contributed by atoms with Crippen LogP contribution in [0.3, 0.4) is 0 Å². The predicted molar refractivity (Wildman–Crippen MR) is 85.3 cm³/mol. The number of amides is 1. The molecule has 0 aromatic heterocycles. The molecule has 1 unspecified atom stereocenters. The Hall–Kier alpha value is -0.970. The Labute approximate surface area is 139 Å². The number of hydrogen-bond donors (Lipinski definition) is 2. The van der Waals surface area contributed by atoms with Crippen LogP contribution in [0.1, 0.15) is 43.7 Å². The van der Waals surface area contributed by atoms with Crippen LogP contribution in [0.4, 0.5) is 0 Å². The first-order valence-electron chi connectivity index (χ1n) is 7.63. The Morgan fingerprint density at radius 1 is 1.32 bits per heavy atom. The Morgan fingerprint density at radius 2 is 2.05 bits per heavy atom. The molecule has 1 aromatic carbocycles. The van der Waals surface area contributed by atoms with E-state index in [1.165, 1.54) is 19.3 Å². The molecule has 0 saturated heterocycles. The minimum absolute atomic E-state index is 0.0856. The van der Waals surface area contributed by atoms with Crippen LogP contribution in [0.25, 0.3) is 0 Å². The molecule has 4 nitrogen and oxygen atoms in total. The third-order valence-electron chi connectivity index (χ3n) is 5.40. The second-order valence-electron chi connectivity index (χ2n) is 6.98. The van der Waals surface area contributed by atoms with Gasteiger partial charge >= 0.3 is 0 Å². The Bertz CT molecular complexity index is 650. The molecule has 1 amide bonds. The number of rotatable bonds is 2. The van der Waals surface area contributed by atoms with Gasteiger partial charge in [0.1, 0.15) is 17.4 Å². The summed E-state index contributed by atoms with van der Waals surface area (Å²) in [6.45, 7) is 0.363. The molecule has 1 atom stereocenters. The minimum Gasteiger partial charge on any atom is -0.489 e. The number of hydrogen-bond acceptors (Lipinski definition) is 3. The molecule has 1 spiro atoms. The van der Waals surface area contributed by atoms with E-state index in [0.717, 1.165) is 18.4 Å². The third kappa shape index (κ3) is 2.04. The maximum Gasteiger partial charge on any atom is 0.240 e. The fourth-order valence-corrected chi connectivity index (χ4v) is 4.50. The first kappa shape index (κ1) is 14.6. The zero-order valence-electron chi connectivity index (χ0n) is 12.1. The quantitative estimate of drug-likeness (QED) is 0.868. The number of nitrogens with two attached hydrogens (primary N) is 1. The van der Waals surface area contributed by atoms with Gasteiger partial charge in [-0.2, -0.15) is 0 Å². The summed E-state index contributed by atoms with van der Waals surface area (Å²) in [6, 6.07) is 3.36. The van der Waals surface area contributed by atoms with Crippen molar-refractivity contribution in [3.63, 3.8) is 0 Å². The maximum absolute atomic E-state index is 12.5. The van der Waals surface area contributed by atoms with Crippen LogP contribution < -0.4 is 15.8 Å². The van der Waals surface area contributed by atoms with E-state index in [0.29, 0.717) is 27.8 Å². The van der Waals surface area contributed by atoms with Crippen LogP contribution >= 0.6 is 23.2 Å². The molecular formula is C16H18Cl2N2O2. The lowest BCUT2D eigenvalue weighted by molar-refractivity contribution is -0.141. The predicted octanol–water partition coefficient (Wildman–Crippen LogP) is 3.20. The third-order valence-corrected chi connectivity index (χ3v) is 6.19. The van der Waals surface area contributed by atoms with Crippen molar-refractivity contribution in [2.45, 2.75) is 43.7 Å². The summed E-state index contributed by atoms with van der Waals surface area (Å²) in [5, 5.41) is 3.87. The van der Waals surface area contributed by atoms with E-state index in [1.807, 2.05) is 6.07 Å². The van der Waals surface area contributed by atoms with Crippen LogP contribution in [0.15, 0.2) is 12.1 Å². The highest BCUT2D eigenvalue weighted by molar-refractivity contribution is 6.43. The van der Waals surface area contributed by atoms with Crippen molar-refractivity contribution >= 4 is 29.1 Å². The number of carbonyl (C=O) groups excluding carboxylic acids is 1. The van der Waals surface area contributed by atoms with Crippen LogP contribution in [0, 0.1) is 5.41 Å². The van der Waals surface area contributed by atoms with Crippen molar-refractivity contribution in [3.8, 4) is 5.75 Å². The molecule has 1 heterocycles. The SMILES string of the molecule is NC1(C(=O)NC2COc3c2ccc(Cl)c3Cl)CC2(CCC2)C1. The molecule has 3 aliphatic rings. The van der Waals surface area contributed by atoms with Gasteiger partial charge in [-0.05, 0) is 37.2 Å². The van der Waals surface area contributed by atoms with Gasteiger partial charge in [-0.3, -0.25) is 4.79 Å². The summed E-state index contributed by atoms with van der Waals surface area (Å²) in [5.74, 6) is 0.479. The van der Waals surface area contributed by atoms with E-state index in [-0.39, 0.29) is 11.9 Å². The van der Waals surface area contributed by atoms with E-state index in [2.05, 4.69) is 5.32 Å².